The van der Waals surface area contributed by atoms with E-state index in [1.807, 2.05) is 0 Å². The third-order valence-corrected chi connectivity index (χ3v) is 8.01. The number of halogens is 4. The van der Waals surface area contributed by atoms with Gasteiger partial charge in [0.15, 0.2) is 5.58 Å². The number of hydrogen-bond acceptors (Lipinski definition) is 7. The summed E-state index contributed by atoms with van der Waals surface area (Å²) in [6.07, 6.45) is -4.62. The lowest BCUT2D eigenvalue weighted by atomic mass is 9.85. The maximum atomic E-state index is 14.2. The Hall–Kier alpha value is -4.40. The van der Waals surface area contributed by atoms with Crippen molar-refractivity contribution in [3.63, 3.8) is 0 Å². The molecule has 2 saturated heterocycles. The number of amides is 3. The fourth-order valence-electron chi connectivity index (χ4n) is 5.75. The predicted molar refractivity (Wildman–Crippen MR) is 140 cm³/mol. The molecule has 2 atom stereocenters. The molecule has 42 heavy (non-hydrogen) atoms. The molecule has 0 aliphatic carbocycles. The number of carbonyl (C=O) groups is 3. The van der Waals surface area contributed by atoms with Gasteiger partial charge in [0.2, 0.25) is 11.8 Å². The van der Waals surface area contributed by atoms with Crippen LogP contribution in [0.2, 0.25) is 0 Å². The standard InChI is InChI=1S/C27H27F4N5O6/c1-14(32-21(37)17-12-15(27(29,30)31)4-6-18(17)28)22(38)35-10-8-26(9-11-35)23(39)34(3)25(2,41)36(26)16-5-7-20-19(13-16)33-24(40)42-20/h4-7,12-14,41H,8-11H2,1-3H3,(H,32,37)(H,33,40)/t14-,25?/m1/s1. The van der Waals surface area contributed by atoms with E-state index in [0.29, 0.717) is 29.4 Å². The van der Waals surface area contributed by atoms with Gasteiger partial charge in [-0.3, -0.25) is 24.3 Å². The van der Waals surface area contributed by atoms with E-state index >= 15 is 0 Å². The van der Waals surface area contributed by atoms with Crippen molar-refractivity contribution in [2.45, 2.75) is 50.3 Å². The zero-order chi connectivity index (χ0) is 30.8. The Bertz CT molecular complexity index is 1640. The highest BCUT2D eigenvalue weighted by atomic mass is 19.4. The van der Waals surface area contributed by atoms with Crippen LogP contribution in [0.4, 0.5) is 23.2 Å². The normalized spacial score (nSPS) is 21.3. The number of alkyl halides is 3. The maximum Gasteiger partial charge on any atom is 0.417 e. The van der Waals surface area contributed by atoms with Crippen molar-refractivity contribution in [2.75, 3.05) is 25.0 Å². The van der Waals surface area contributed by atoms with Crippen molar-refractivity contribution in [1.82, 2.24) is 20.1 Å². The second-order valence-corrected chi connectivity index (χ2v) is 10.6. The minimum Gasteiger partial charge on any atom is -0.408 e. The molecule has 11 nitrogen and oxygen atoms in total. The van der Waals surface area contributed by atoms with Gasteiger partial charge in [-0.2, -0.15) is 13.2 Å². The van der Waals surface area contributed by atoms with Gasteiger partial charge >= 0.3 is 11.9 Å². The number of anilines is 1. The lowest BCUT2D eigenvalue weighted by molar-refractivity contribution is -0.143. The average molecular weight is 594 g/mol. The summed E-state index contributed by atoms with van der Waals surface area (Å²) in [6, 6.07) is 4.92. The molecule has 0 saturated carbocycles. The van der Waals surface area contributed by atoms with Crippen LogP contribution in [-0.2, 0) is 15.8 Å². The lowest BCUT2D eigenvalue weighted by Crippen LogP contribution is -2.61. The monoisotopic (exact) mass is 593 g/mol. The van der Waals surface area contributed by atoms with Crippen LogP contribution in [0.3, 0.4) is 0 Å². The molecule has 1 unspecified atom stereocenters. The van der Waals surface area contributed by atoms with Gasteiger partial charge in [-0.25, -0.2) is 9.18 Å². The molecule has 2 fully saturated rings. The molecule has 224 valence electrons. The largest absolute Gasteiger partial charge is 0.417 e. The molecule has 2 aliphatic heterocycles. The minimum absolute atomic E-state index is 0.0356. The smallest absolute Gasteiger partial charge is 0.408 e. The summed E-state index contributed by atoms with van der Waals surface area (Å²) in [5.74, 6) is -5.76. The maximum absolute atomic E-state index is 14.2. The SMILES string of the molecule is C[C@@H](NC(=O)c1cc(C(F)(F)F)ccc1F)C(=O)N1CCC2(CC1)C(=O)N(C)C(C)(O)N2c1ccc2oc(=O)[nH]c2c1. The number of nitrogens with one attached hydrogen (secondary N) is 2. The van der Waals surface area contributed by atoms with Gasteiger partial charge in [0, 0.05) is 32.7 Å². The zero-order valence-electron chi connectivity index (χ0n) is 22.7. The summed E-state index contributed by atoms with van der Waals surface area (Å²) in [5.41, 5.74) is -2.25. The van der Waals surface area contributed by atoms with Gasteiger partial charge in [0.05, 0.1) is 16.6 Å². The second-order valence-electron chi connectivity index (χ2n) is 10.6. The summed E-state index contributed by atoms with van der Waals surface area (Å²) in [4.78, 5) is 57.6. The van der Waals surface area contributed by atoms with E-state index in [-0.39, 0.29) is 37.4 Å². The van der Waals surface area contributed by atoms with Crippen molar-refractivity contribution < 1.29 is 41.5 Å². The van der Waals surface area contributed by atoms with Crippen molar-refractivity contribution in [2.24, 2.45) is 0 Å². The molecular weight excluding hydrogens is 566 g/mol. The van der Waals surface area contributed by atoms with Crippen LogP contribution >= 0.6 is 0 Å². The van der Waals surface area contributed by atoms with Crippen LogP contribution in [0.5, 0.6) is 0 Å². The topological polar surface area (TPSA) is 139 Å². The van der Waals surface area contributed by atoms with E-state index in [4.69, 9.17) is 4.42 Å². The first-order chi connectivity index (χ1) is 19.6. The zero-order valence-corrected chi connectivity index (χ0v) is 22.7. The highest BCUT2D eigenvalue weighted by Crippen LogP contribution is 2.46. The number of aromatic amines is 1. The first-order valence-corrected chi connectivity index (χ1v) is 13.0. The third-order valence-electron chi connectivity index (χ3n) is 8.01. The van der Waals surface area contributed by atoms with Crippen LogP contribution in [0.15, 0.2) is 45.6 Å². The number of hydrogen-bond donors (Lipinski definition) is 3. The summed E-state index contributed by atoms with van der Waals surface area (Å²) >= 11 is 0. The highest BCUT2D eigenvalue weighted by Gasteiger charge is 2.62. The fraction of sp³-hybridized carbons (Fsp3) is 0.407. The van der Waals surface area contributed by atoms with E-state index in [1.54, 1.807) is 12.1 Å². The molecule has 2 aromatic carbocycles. The predicted octanol–water partition coefficient (Wildman–Crippen LogP) is 2.40. The molecule has 1 spiro atoms. The van der Waals surface area contributed by atoms with Gasteiger partial charge in [-0.15, -0.1) is 0 Å². The van der Waals surface area contributed by atoms with Crippen LogP contribution in [0, 0.1) is 5.82 Å². The highest BCUT2D eigenvalue weighted by molar-refractivity contribution is 5.98. The average Bonchev–Trinajstić information content (AvgIpc) is 3.36. The molecule has 3 amide bonds. The van der Waals surface area contributed by atoms with Crippen molar-refractivity contribution >= 4 is 34.5 Å². The molecule has 15 heteroatoms. The number of H-pyrrole nitrogens is 1. The van der Waals surface area contributed by atoms with E-state index in [0.717, 1.165) is 0 Å². The van der Waals surface area contributed by atoms with Crippen LogP contribution in [0.1, 0.15) is 42.6 Å². The van der Waals surface area contributed by atoms with Gasteiger partial charge < -0.3 is 24.6 Å². The van der Waals surface area contributed by atoms with E-state index < -0.39 is 58.1 Å². The van der Waals surface area contributed by atoms with Gasteiger partial charge in [-0.05, 0) is 56.2 Å². The van der Waals surface area contributed by atoms with E-state index in [1.165, 1.54) is 41.7 Å². The molecule has 3 aromatic rings. The second kappa shape index (κ2) is 9.86. The quantitative estimate of drug-likeness (QED) is 0.395. The number of aromatic nitrogens is 1. The first kappa shape index (κ1) is 29.1. The van der Waals surface area contributed by atoms with Crippen LogP contribution in [-0.4, -0.2) is 75.2 Å². The Morgan fingerprint density at radius 2 is 1.79 bits per heavy atom. The minimum atomic E-state index is -4.79. The molecule has 5 rings (SSSR count). The summed E-state index contributed by atoms with van der Waals surface area (Å²) < 4.78 is 58.4. The number of nitrogens with zero attached hydrogens (tertiary/aromatic N) is 3. The summed E-state index contributed by atoms with van der Waals surface area (Å²) in [6.45, 7) is 2.84. The number of likely N-dealkylation sites (tertiary alicyclic amines) is 1. The molecule has 0 radical (unpaired) electrons. The Labute approximate surface area is 235 Å². The summed E-state index contributed by atoms with van der Waals surface area (Å²) in [7, 11) is 1.45. The van der Waals surface area contributed by atoms with E-state index in [9.17, 15) is 41.8 Å². The Kier molecular flexibility index (Phi) is 6.83. The fourth-order valence-corrected chi connectivity index (χ4v) is 5.75. The van der Waals surface area contributed by atoms with Gasteiger partial charge in [0.25, 0.3) is 11.8 Å². The number of oxazole rings is 1. The number of piperidine rings is 1. The van der Waals surface area contributed by atoms with E-state index in [2.05, 4.69) is 10.3 Å². The molecule has 1 aromatic heterocycles. The number of fused-ring (bicyclic) bond motifs is 1. The van der Waals surface area contributed by atoms with Crippen molar-refractivity contribution in [1.29, 1.82) is 0 Å². The van der Waals surface area contributed by atoms with Crippen LogP contribution < -0.4 is 16.0 Å². The van der Waals surface area contributed by atoms with Crippen molar-refractivity contribution in [3.05, 3.63) is 63.9 Å². The molecule has 3 heterocycles. The molecular formula is C27H27F4N5O6. The number of aliphatic hydroxyl groups is 1. The first-order valence-electron chi connectivity index (χ1n) is 13.0. The van der Waals surface area contributed by atoms with Crippen LogP contribution in [0.25, 0.3) is 11.1 Å². The third kappa shape index (κ3) is 4.66. The molecule has 0 bridgehead atoms. The number of benzene rings is 2. The van der Waals surface area contributed by atoms with Gasteiger partial charge in [0.1, 0.15) is 17.4 Å². The van der Waals surface area contributed by atoms with Crippen molar-refractivity contribution in [3.8, 4) is 0 Å². The number of likely N-dealkylation sites (N-methyl/N-ethyl adjacent to an activating group) is 1. The molecule has 2 aliphatic rings. The number of carbonyl (C=O) groups excluding carboxylic acids is 3. The Morgan fingerprint density at radius 3 is 2.43 bits per heavy atom. The molecule has 3 N–H and O–H groups in total. The summed E-state index contributed by atoms with van der Waals surface area (Å²) in [5, 5.41) is 13.7. The Balaban J connectivity index is 1.34. The van der Waals surface area contributed by atoms with Gasteiger partial charge in [-0.1, -0.05) is 0 Å². The Morgan fingerprint density at radius 1 is 1.12 bits per heavy atom. The lowest BCUT2D eigenvalue weighted by Gasteiger charge is -2.46. The number of rotatable bonds is 4.